The van der Waals surface area contributed by atoms with Gasteiger partial charge in [0.2, 0.25) is 0 Å². The minimum absolute atomic E-state index is 0.517. The first-order chi connectivity index (χ1) is 15.4. The molecule has 0 aliphatic carbocycles. The van der Waals surface area contributed by atoms with Gasteiger partial charge in [0.1, 0.15) is 5.82 Å². The number of fused-ring (bicyclic) bond motifs is 1. The summed E-state index contributed by atoms with van der Waals surface area (Å²) < 4.78 is 17.7. The normalized spacial score (nSPS) is 13.2. The highest BCUT2D eigenvalue weighted by Gasteiger charge is 2.12. The predicted octanol–water partition coefficient (Wildman–Crippen LogP) is 4.82. The van der Waals surface area contributed by atoms with Crippen LogP contribution in [0.2, 0.25) is 0 Å². The van der Waals surface area contributed by atoms with Crippen molar-refractivity contribution in [2.75, 3.05) is 11.1 Å². The molecule has 0 spiro atoms. The van der Waals surface area contributed by atoms with Crippen LogP contribution >= 0.6 is 15.9 Å². The third kappa shape index (κ3) is 5.03. The van der Waals surface area contributed by atoms with Gasteiger partial charge in [0.05, 0.1) is 16.4 Å². The van der Waals surface area contributed by atoms with E-state index in [1.54, 1.807) is 10.7 Å². The van der Waals surface area contributed by atoms with Crippen LogP contribution in [0.5, 0.6) is 0 Å². The second-order valence-corrected chi connectivity index (χ2v) is 11.0. The number of halogens is 1. The fourth-order valence-electron chi connectivity index (χ4n) is 3.34. The van der Waals surface area contributed by atoms with E-state index in [1.165, 1.54) is 5.56 Å². The van der Waals surface area contributed by atoms with Gasteiger partial charge < -0.3 is 5.32 Å². The second kappa shape index (κ2) is 9.44. The zero-order valence-corrected chi connectivity index (χ0v) is 20.5. The van der Waals surface area contributed by atoms with Crippen molar-refractivity contribution in [2.45, 2.75) is 26.9 Å². The third-order valence-electron chi connectivity index (χ3n) is 5.35. The lowest BCUT2D eigenvalue weighted by atomic mass is 10.1. The molecule has 2 heterocycles. The molecule has 0 amide bonds. The molecule has 4 aromatic rings. The van der Waals surface area contributed by atoms with E-state index in [-0.39, 0.29) is 0 Å². The summed E-state index contributed by atoms with van der Waals surface area (Å²) in [5.41, 5.74) is 6.13. The fourth-order valence-corrected chi connectivity index (χ4v) is 4.33. The number of benzene rings is 2. The molecule has 0 radical (unpaired) electrons. The van der Waals surface area contributed by atoms with E-state index in [2.05, 4.69) is 68.1 Å². The molecule has 2 aromatic heterocycles. The lowest BCUT2D eigenvalue weighted by Crippen LogP contribution is -2.24. The van der Waals surface area contributed by atoms with Crippen LogP contribution in [0.15, 0.2) is 65.3 Å². The van der Waals surface area contributed by atoms with E-state index in [9.17, 15) is 4.21 Å². The Hall–Kier alpha value is -2.68. The van der Waals surface area contributed by atoms with Crippen molar-refractivity contribution in [1.82, 2.24) is 19.3 Å². The van der Waals surface area contributed by atoms with Gasteiger partial charge >= 0.3 is 0 Å². The van der Waals surface area contributed by atoms with Crippen molar-refractivity contribution in [2.24, 2.45) is 0 Å². The van der Waals surface area contributed by atoms with Crippen molar-refractivity contribution >= 4 is 43.0 Å². The smallest absolute Gasteiger partial charge is 0.172 e. The Morgan fingerprint density at radius 3 is 2.47 bits per heavy atom. The van der Waals surface area contributed by atoms with E-state index in [0.29, 0.717) is 18.8 Å². The highest BCUT2D eigenvalue weighted by molar-refractivity contribution is 9.10. The Morgan fingerprint density at radius 1 is 1.09 bits per heavy atom. The summed E-state index contributed by atoms with van der Waals surface area (Å²) in [6.45, 7) is 5.13. The van der Waals surface area contributed by atoms with Crippen LogP contribution < -0.4 is 10.0 Å². The molecule has 2 N–H and O–H groups in total. The number of rotatable bonds is 8. The monoisotopic (exact) mass is 511 g/mol. The average Bonchev–Trinajstić information content (AvgIpc) is 3.18. The maximum atomic E-state index is 12.1. The highest BCUT2D eigenvalue weighted by Crippen LogP contribution is 2.28. The average molecular weight is 512 g/mol. The van der Waals surface area contributed by atoms with Gasteiger partial charge in [0, 0.05) is 40.2 Å². The topological polar surface area (TPSA) is 71.3 Å². The molecule has 0 aliphatic rings. The minimum atomic E-state index is -2.20. The molecule has 6 nitrogen and oxygen atoms in total. The molecular formula is C24H26BrN5OS. The lowest BCUT2D eigenvalue weighted by molar-refractivity contribution is 0.670. The van der Waals surface area contributed by atoms with Crippen molar-refractivity contribution in [1.29, 1.82) is 0 Å². The molecule has 1 atom stereocenters. The fraction of sp³-hybridized carbons (Fsp3) is 0.208. The summed E-state index contributed by atoms with van der Waals surface area (Å²) in [6, 6.07) is 18.5. The zero-order valence-electron chi connectivity index (χ0n) is 18.1. The van der Waals surface area contributed by atoms with Crippen molar-refractivity contribution in [3.8, 4) is 11.3 Å². The molecule has 0 fully saturated rings. The summed E-state index contributed by atoms with van der Waals surface area (Å²) >= 11 is 3.56. The molecule has 0 saturated carbocycles. The molecule has 4 rings (SSSR count). The number of nitrogens with one attached hydrogen (secondary N) is 2. The largest absolute Gasteiger partial charge is 0.366 e. The highest BCUT2D eigenvalue weighted by atomic mass is 79.9. The predicted molar refractivity (Wildman–Crippen MR) is 137 cm³/mol. The van der Waals surface area contributed by atoms with Crippen molar-refractivity contribution in [3.63, 3.8) is 0 Å². The van der Waals surface area contributed by atoms with Gasteiger partial charge in [-0.25, -0.2) is 9.71 Å². The number of nitrogens with zero attached hydrogens (tertiary/aromatic N) is 3. The number of aromatic nitrogens is 3. The number of hydrogen-bond acceptors (Lipinski definition) is 4. The first kappa shape index (κ1) is 22.5. The molecule has 0 aliphatic heterocycles. The third-order valence-corrected chi connectivity index (χ3v) is 7.51. The molecule has 1 unspecified atom stereocenters. The van der Waals surface area contributed by atoms with Gasteiger partial charge in [-0.1, -0.05) is 55.5 Å². The van der Waals surface area contributed by atoms with Crippen LogP contribution in [0, 0.1) is 6.92 Å². The standard InChI is InChI=1S/C24H26BrN5OS/c1-4-32(3,31)28-15-19-11-9-18(10-12-19)14-26-23-13-22(20-8-6-5-7-17(20)2)29-24-21(25)16-27-30(23)24/h5-13,16,26H,3-4,14-15H2,1-2H3,(H,28,31). The number of anilines is 1. The zero-order chi connectivity index (χ0) is 22.7. The second-order valence-electron chi connectivity index (χ2n) is 7.66. The maximum Gasteiger partial charge on any atom is 0.172 e. The van der Waals surface area contributed by atoms with Crippen LogP contribution in [0.3, 0.4) is 0 Å². The van der Waals surface area contributed by atoms with E-state index in [1.807, 2.05) is 37.3 Å². The van der Waals surface area contributed by atoms with Gasteiger partial charge in [-0.2, -0.15) is 9.61 Å². The van der Waals surface area contributed by atoms with E-state index >= 15 is 0 Å². The lowest BCUT2D eigenvalue weighted by Gasteiger charge is -2.13. The van der Waals surface area contributed by atoms with Crippen LogP contribution in [0.25, 0.3) is 16.9 Å². The Labute approximate surface area is 197 Å². The number of hydrogen-bond donors (Lipinski definition) is 2. The van der Waals surface area contributed by atoms with Gasteiger partial charge in [-0.15, -0.1) is 0 Å². The Bertz CT molecular complexity index is 1350. The summed E-state index contributed by atoms with van der Waals surface area (Å²) in [7, 11) is -2.20. The van der Waals surface area contributed by atoms with Gasteiger partial charge in [0.15, 0.2) is 5.65 Å². The van der Waals surface area contributed by atoms with E-state index in [0.717, 1.165) is 38.3 Å². The Kier molecular flexibility index (Phi) is 6.64. The molecule has 0 bridgehead atoms. The molecule has 166 valence electrons. The molecule has 32 heavy (non-hydrogen) atoms. The first-order valence-electron chi connectivity index (χ1n) is 10.4. The van der Waals surface area contributed by atoms with E-state index < -0.39 is 9.71 Å². The molecule has 2 aromatic carbocycles. The van der Waals surface area contributed by atoms with E-state index in [4.69, 9.17) is 4.98 Å². The summed E-state index contributed by atoms with van der Waals surface area (Å²) in [6.07, 6.45) is 1.76. The molecule has 0 saturated heterocycles. The molecule has 8 heteroatoms. The van der Waals surface area contributed by atoms with Gasteiger partial charge in [-0.3, -0.25) is 4.21 Å². The van der Waals surface area contributed by atoms with Crippen molar-refractivity contribution < 1.29 is 4.21 Å². The summed E-state index contributed by atoms with van der Waals surface area (Å²) in [4.78, 5) is 4.82. The quantitative estimate of drug-likeness (QED) is 0.332. The number of aryl methyl sites for hydroxylation is 1. The van der Waals surface area contributed by atoms with Crippen LogP contribution in [0.1, 0.15) is 23.6 Å². The van der Waals surface area contributed by atoms with Gasteiger partial charge in [0.25, 0.3) is 0 Å². The van der Waals surface area contributed by atoms with Crippen LogP contribution in [-0.4, -0.2) is 30.4 Å². The minimum Gasteiger partial charge on any atom is -0.366 e. The molecular weight excluding hydrogens is 486 g/mol. The van der Waals surface area contributed by atoms with Crippen LogP contribution in [0.4, 0.5) is 5.82 Å². The van der Waals surface area contributed by atoms with Crippen LogP contribution in [-0.2, 0) is 22.8 Å². The summed E-state index contributed by atoms with van der Waals surface area (Å²) in [5, 5.41) is 7.96. The Morgan fingerprint density at radius 2 is 1.78 bits per heavy atom. The first-order valence-corrected chi connectivity index (χ1v) is 13.1. The Balaban J connectivity index is 1.55. The van der Waals surface area contributed by atoms with Gasteiger partial charge in [-0.05, 0) is 45.4 Å². The maximum absolute atomic E-state index is 12.1. The summed E-state index contributed by atoms with van der Waals surface area (Å²) in [5.74, 6) is 5.12. The van der Waals surface area contributed by atoms with Crippen molar-refractivity contribution in [3.05, 3.63) is 82.0 Å². The SMILES string of the molecule is C=S(=O)(CC)NCc1ccc(CNc2cc(-c3ccccc3C)nc3c(Br)cnn23)cc1.